The van der Waals surface area contributed by atoms with Crippen molar-refractivity contribution < 1.29 is 33.3 Å². The first-order valence-corrected chi connectivity index (χ1v) is 5.81. The predicted molar refractivity (Wildman–Crippen MR) is 65.7 cm³/mol. The van der Waals surface area contributed by atoms with E-state index in [2.05, 4.69) is 0 Å². The summed E-state index contributed by atoms with van der Waals surface area (Å²) in [6.45, 7) is 2.75. The average Bonchev–Trinajstić information content (AvgIpc) is 2.33. The lowest BCUT2D eigenvalue weighted by molar-refractivity contribution is -0.175. The molecule has 0 amide bonds. The van der Waals surface area contributed by atoms with Gasteiger partial charge in [-0.1, -0.05) is 0 Å². The third-order valence-corrected chi connectivity index (χ3v) is 2.41. The van der Waals surface area contributed by atoms with Crippen LogP contribution in [-0.2, 0) is 33.3 Å². The van der Waals surface area contributed by atoms with Gasteiger partial charge < -0.3 is 23.7 Å². The van der Waals surface area contributed by atoms with Gasteiger partial charge in [0.15, 0.2) is 6.10 Å². The van der Waals surface area contributed by atoms with Gasteiger partial charge in [0.25, 0.3) is 0 Å². The lowest BCUT2D eigenvalue weighted by atomic mass is 10.1. The molecule has 0 aromatic carbocycles. The van der Waals surface area contributed by atoms with Crippen LogP contribution in [0.3, 0.4) is 0 Å². The quantitative estimate of drug-likeness (QED) is 0.556. The number of methoxy groups -OCH3 is 3. The van der Waals surface area contributed by atoms with E-state index in [0.29, 0.717) is 0 Å². The van der Waals surface area contributed by atoms with Crippen molar-refractivity contribution in [1.29, 1.82) is 0 Å². The zero-order valence-corrected chi connectivity index (χ0v) is 12.0. The molecule has 0 heterocycles. The van der Waals surface area contributed by atoms with Crippen LogP contribution in [0.15, 0.2) is 0 Å². The molecule has 0 bridgehead atoms. The first-order valence-electron chi connectivity index (χ1n) is 5.81. The first-order chi connectivity index (χ1) is 8.96. The summed E-state index contributed by atoms with van der Waals surface area (Å²) in [5, 5.41) is 0. The van der Waals surface area contributed by atoms with Gasteiger partial charge in [-0.25, -0.2) is 0 Å². The van der Waals surface area contributed by atoms with Gasteiger partial charge in [0.05, 0.1) is 6.61 Å². The highest BCUT2D eigenvalue weighted by Crippen LogP contribution is 2.13. The molecule has 0 saturated heterocycles. The SMILES string of the molecule is COC[C@@H](OC(C)=O)[C@@H](OC)[C@@H](COC(C)=O)OC. The van der Waals surface area contributed by atoms with Crippen molar-refractivity contribution in [3.63, 3.8) is 0 Å². The Morgan fingerprint density at radius 2 is 1.53 bits per heavy atom. The fourth-order valence-electron chi connectivity index (χ4n) is 1.61. The molecule has 0 unspecified atom stereocenters. The molecule has 0 rings (SSSR count). The number of hydrogen-bond acceptors (Lipinski definition) is 7. The summed E-state index contributed by atoms with van der Waals surface area (Å²) in [6, 6.07) is 0. The summed E-state index contributed by atoms with van der Waals surface area (Å²) < 4.78 is 25.5. The lowest BCUT2D eigenvalue weighted by Crippen LogP contribution is -2.47. The van der Waals surface area contributed by atoms with Crippen LogP contribution in [-0.4, -0.2) is 64.8 Å². The minimum Gasteiger partial charge on any atom is -0.463 e. The second-order valence-electron chi connectivity index (χ2n) is 3.88. The van der Waals surface area contributed by atoms with Gasteiger partial charge in [-0.15, -0.1) is 0 Å². The summed E-state index contributed by atoms with van der Waals surface area (Å²) in [4.78, 5) is 21.9. The zero-order chi connectivity index (χ0) is 14.8. The number of ether oxygens (including phenoxy) is 5. The van der Waals surface area contributed by atoms with Crippen molar-refractivity contribution in [2.75, 3.05) is 34.5 Å². The zero-order valence-electron chi connectivity index (χ0n) is 12.0. The van der Waals surface area contributed by atoms with Crippen molar-refractivity contribution in [2.45, 2.75) is 32.2 Å². The number of carbonyl (C=O) groups excluding carboxylic acids is 2. The third kappa shape index (κ3) is 7.09. The summed E-state index contributed by atoms with van der Waals surface area (Å²) in [6.07, 6.45) is -1.81. The standard InChI is InChI=1S/C12H22O7/c1-8(13)18-7-10(16-4)12(17-5)11(6-15-3)19-9(2)14/h10-12H,6-7H2,1-5H3/t10-,11-,12+/m1/s1. The van der Waals surface area contributed by atoms with E-state index < -0.39 is 30.3 Å². The van der Waals surface area contributed by atoms with Gasteiger partial charge in [0, 0.05) is 35.2 Å². The van der Waals surface area contributed by atoms with E-state index in [1.807, 2.05) is 0 Å². The van der Waals surface area contributed by atoms with E-state index in [1.54, 1.807) is 0 Å². The molecule has 0 saturated carbocycles. The molecule has 0 N–H and O–H groups in total. The van der Waals surface area contributed by atoms with E-state index in [9.17, 15) is 9.59 Å². The van der Waals surface area contributed by atoms with E-state index in [1.165, 1.54) is 35.2 Å². The summed E-state index contributed by atoms with van der Waals surface area (Å²) in [7, 11) is 4.39. The highest BCUT2D eigenvalue weighted by molar-refractivity contribution is 5.66. The topological polar surface area (TPSA) is 80.3 Å². The fraction of sp³-hybridized carbons (Fsp3) is 0.833. The van der Waals surface area contributed by atoms with Crippen LogP contribution < -0.4 is 0 Å². The molecular formula is C12H22O7. The van der Waals surface area contributed by atoms with Crippen LogP contribution in [0, 0.1) is 0 Å². The maximum atomic E-state index is 11.1. The Hall–Kier alpha value is -1.18. The van der Waals surface area contributed by atoms with E-state index in [4.69, 9.17) is 23.7 Å². The van der Waals surface area contributed by atoms with Crippen LogP contribution in [0.4, 0.5) is 0 Å². The second-order valence-corrected chi connectivity index (χ2v) is 3.88. The van der Waals surface area contributed by atoms with Crippen molar-refractivity contribution in [1.82, 2.24) is 0 Å². The molecule has 0 aliphatic carbocycles. The predicted octanol–water partition coefficient (Wildman–Crippen LogP) is 0.158. The average molecular weight is 278 g/mol. The van der Waals surface area contributed by atoms with Crippen molar-refractivity contribution in [3.8, 4) is 0 Å². The van der Waals surface area contributed by atoms with E-state index in [0.717, 1.165) is 0 Å². The van der Waals surface area contributed by atoms with E-state index >= 15 is 0 Å². The Morgan fingerprint density at radius 3 is 1.89 bits per heavy atom. The highest BCUT2D eigenvalue weighted by Gasteiger charge is 2.33. The van der Waals surface area contributed by atoms with Crippen LogP contribution in [0.2, 0.25) is 0 Å². The molecule has 112 valence electrons. The molecule has 0 aliphatic rings. The molecule has 0 aliphatic heterocycles. The molecule has 19 heavy (non-hydrogen) atoms. The summed E-state index contributed by atoms with van der Waals surface area (Å²) >= 11 is 0. The van der Waals surface area contributed by atoms with E-state index in [-0.39, 0.29) is 13.2 Å². The molecule has 0 aromatic heterocycles. The van der Waals surface area contributed by atoms with Gasteiger partial charge in [-0.3, -0.25) is 9.59 Å². The molecule has 3 atom stereocenters. The van der Waals surface area contributed by atoms with Gasteiger partial charge in [-0.05, 0) is 0 Å². The molecule has 0 aromatic rings. The minimum atomic E-state index is -0.645. The fourth-order valence-corrected chi connectivity index (χ4v) is 1.61. The number of esters is 2. The molecule has 0 spiro atoms. The second kappa shape index (κ2) is 9.71. The molecular weight excluding hydrogens is 256 g/mol. The maximum Gasteiger partial charge on any atom is 0.303 e. The Morgan fingerprint density at radius 1 is 0.895 bits per heavy atom. The summed E-state index contributed by atoms with van der Waals surface area (Å²) in [5.41, 5.74) is 0. The van der Waals surface area contributed by atoms with Crippen LogP contribution in [0.25, 0.3) is 0 Å². The van der Waals surface area contributed by atoms with Gasteiger partial charge in [0.1, 0.15) is 18.8 Å². The number of carbonyl (C=O) groups is 2. The van der Waals surface area contributed by atoms with Crippen molar-refractivity contribution in [2.24, 2.45) is 0 Å². The normalized spacial score (nSPS) is 15.4. The molecule has 7 nitrogen and oxygen atoms in total. The Kier molecular flexibility index (Phi) is 9.11. The minimum absolute atomic E-state index is 0.00577. The number of hydrogen-bond donors (Lipinski definition) is 0. The lowest BCUT2D eigenvalue weighted by Gasteiger charge is -2.30. The Labute approximate surface area is 113 Å². The number of rotatable bonds is 9. The third-order valence-electron chi connectivity index (χ3n) is 2.41. The largest absolute Gasteiger partial charge is 0.463 e. The highest BCUT2D eigenvalue weighted by atomic mass is 16.6. The Balaban J connectivity index is 4.75. The van der Waals surface area contributed by atoms with Gasteiger partial charge in [0.2, 0.25) is 0 Å². The van der Waals surface area contributed by atoms with Crippen molar-refractivity contribution >= 4 is 11.9 Å². The smallest absolute Gasteiger partial charge is 0.303 e. The van der Waals surface area contributed by atoms with Crippen molar-refractivity contribution in [3.05, 3.63) is 0 Å². The van der Waals surface area contributed by atoms with Crippen LogP contribution >= 0.6 is 0 Å². The monoisotopic (exact) mass is 278 g/mol. The maximum absolute atomic E-state index is 11.1. The molecule has 0 radical (unpaired) electrons. The van der Waals surface area contributed by atoms with Crippen LogP contribution in [0.1, 0.15) is 13.8 Å². The Bertz CT molecular complexity index is 279. The molecule has 7 heteroatoms. The molecule has 0 fully saturated rings. The van der Waals surface area contributed by atoms with Gasteiger partial charge >= 0.3 is 11.9 Å². The first kappa shape index (κ1) is 17.8. The summed E-state index contributed by atoms with van der Waals surface area (Å²) in [5.74, 6) is -0.876. The van der Waals surface area contributed by atoms with Gasteiger partial charge in [-0.2, -0.15) is 0 Å². The van der Waals surface area contributed by atoms with Crippen LogP contribution in [0.5, 0.6) is 0 Å².